The molecule has 1 saturated carbocycles. The highest BCUT2D eigenvalue weighted by Gasteiger charge is 2.32. The van der Waals surface area contributed by atoms with Gasteiger partial charge in [0.2, 0.25) is 5.91 Å². The van der Waals surface area contributed by atoms with E-state index in [0.717, 1.165) is 55.4 Å². The van der Waals surface area contributed by atoms with E-state index in [1.54, 1.807) is 12.4 Å². The third-order valence-electron chi connectivity index (χ3n) is 6.15. The van der Waals surface area contributed by atoms with Crippen LogP contribution in [0, 0.1) is 5.92 Å². The summed E-state index contributed by atoms with van der Waals surface area (Å²) in [6.45, 7) is 4.02. The van der Waals surface area contributed by atoms with Gasteiger partial charge in [0.1, 0.15) is 5.75 Å². The molecule has 0 N–H and O–H groups in total. The van der Waals surface area contributed by atoms with Gasteiger partial charge < -0.3 is 9.64 Å². The van der Waals surface area contributed by atoms with Crippen LogP contribution in [0.4, 0.5) is 0 Å². The molecule has 1 saturated heterocycles. The molecular weight excluding hydrogens is 398 g/mol. The Kier molecular flexibility index (Phi) is 6.90. The fourth-order valence-corrected chi connectivity index (χ4v) is 4.56. The van der Waals surface area contributed by atoms with Crippen molar-refractivity contribution in [1.82, 2.24) is 14.8 Å². The zero-order valence-electron chi connectivity index (χ0n) is 17.6. The van der Waals surface area contributed by atoms with Crippen molar-refractivity contribution in [2.75, 3.05) is 26.7 Å². The second-order valence-corrected chi connectivity index (χ2v) is 9.03. The number of nitrogens with zero attached hydrogens (tertiary/aromatic N) is 3. The third kappa shape index (κ3) is 5.52. The second kappa shape index (κ2) is 9.80. The van der Waals surface area contributed by atoms with Crippen LogP contribution in [-0.2, 0) is 17.8 Å². The number of likely N-dealkylation sites (tertiary alicyclic amines) is 1. The van der Waals surface area contributed by atoms with Gasteiger partial charge in [-0.05, 0) is 74.0 Å². The van der Waals surface area contributed by atoms with E-state index in [1.807, 2.05) is 36.2 Å². The lowest BCUT2D eigenvalue weighted by molar-refractivity contribution is -0.130. The normalized spacial score (nSPS) is 21.3. The number of carbonyl (C=O) groups is 1. The zero-order valence-corrected chi connectivity index (χ0v) is 18.4. The molecule has 1 aliphatic heterocycles. The Morgan fingerprint density at radius 1 is 1.27 bits per heavy atom. The van der Waals surface area contributed by atoms with Crippen LogP contribution < -0.4 is 4.74 Å². The molecule has 2 aliphatic rings. The van der Waals surface area contributed by atoms with E-state index >= 15 is 0 Å². The molecule has 160 valence electrons. The van der Waals surface area contributed by atoms with Crippen LogP contribution in [0.25, 0.3) is 0 Å². The average Bonchev–Trinajstić information content (AvgIpc) is 3.22. The summed E-state index contributed by atoms with van der Waals surface area (Å²) in [5.41, 5.74) is 2.13. The number of benzene rings is 1. The average molecular weight is 428 g/mol. The molecule has 1 amide bonds. The van der Waals surface area contributed by atoms with E-state index in [-0.39, 0.29) is 12.0 Å². The summed E-state index contributed by atoms with van der Waals surface area (Å²) in [4.78, 5) is 20.8. The van der Waals surface area contributed by atoms with Crippen molar-refractivity contribution in [3.8, 4) is 5.75 Å². The first-order valence-corrected chi connectivity index (χ1v) is 11.2. The quantitative estimate of drug-likeness (QED) is 0.633. The monoisotopic (exact) mass is 427 g/mol. The van der Waals surface area contributed by atoms with Gasteiger partial charge >= 0.3 is 0 Å². The van der Waals surface area contributed by atoms with Crippen LogP contribution >= 0.6 is 11.6 Å². The third-order valence-corrected chi connectivity index (χ3v) is 6.50. The van der Waals surface area contributed by atoms with Gasteiger partial charge in [0.15, 0.2) is 0 Å². The summed E-state index contributed by atoms with van der Waals surface area (Å²) in [5.74, 6) is 1.46. The van der Waals surface area contributed by atoms with Crippen LogP contribution in [0.15, 0.2) is 42.7 Å². The van der Waals surface area contributed by atoms with Crippen molar-refractivity contribution in [3.63, 3.8) is 0 Å². The summed E-state index contributed by atoms with van der Waals surface area (Å²) >= 11 is 6.50. The van der Waals surface area contributed by atoms with Crippen LogP contribution in [0.5, 0.6) is 5.75 Å². The predicted octanol–water partition coefficient (Wildman–Crippen LogP) is 4.19. The Hall–Kier alpha value is -2.11. The van der Waals surface area contributed by atoms with Crippen molar-refractivity contribution in [2.24, 2.45) is 5.92 Å². The largest absolute Gasteiger partial charge is 0.490 e. The number of ether oxygens (including phenoxy) is 1. The molecule has 4 rings (SSSR count). The number of hydrogen-bond donors (Lipinski definition) is 0. The first-order chi connectivity index (χ1) is 14.6. The maximum absolute atomic E-state index is 12.4. The van der Waals surface area contributed by atoms with Crippen molar-refractivity contribution in [3.05, 3.63) is 58.9 Å². The van der Waals surface area contributed by atoms with E-state index in [1.165, 1.54) is 18.4 Å². The van der Waals surface area contributed by atoms with Crippen LogP contribution in [0.2, 0.25) is 5.02 Å². The number of halogens is 1. The number of pyridine rings is 1. The van der Waals surface area contributed by atoms with Gasteiger partial charge in [-0.15, -0.1) is 0 Å². The summed E-state index contributed by atoms with van der Waals surface area (Å²) in [5, 5.41) is 0.788. The Morgan fingerprint density at radius 3 is 2.77 bits per heavy atom. The van der Waals surface area contributed by atoms with Gasteiger partial charge in [0.25, 0.3) is 0 Å². The van der Waals surface area contributed by atoms with Gasteiger partial charge in [-0.2, -0.15) is 0 Å². The standard InChI is InChI=1S/C24H30ClN3O2/c1-27(24(29)13-18-5-4-8-26-15-18)16-19-11-22(12-19)30-21-7-6-20(23(25)14-21)17-28-9-2-3-10-28/h4-8,14-15,19,22H,2-3,9-13,16-17H2,1H3. The van der Waals surface area contributed by atoms with Gasteiger partial charge in [-0.3, -0.25) is 14.7 Å². The summed E-state index contributed by atoms with van der Waals surface area (Å²) in [7, 11) is 1.88. The lowest BCUT2D eigenvalue weighted by atomic mass is 9.82. The van der Waals surface area contributed by atoms with Crippen molar-refractivity contribution >= 4 is 17.5 Å². The zero-order chi connectivity index (χ0) is 20.9. The lowest BCUT2D eigenvalue weighted by Gasteiger charge is -2.37. The highest BCUT2D eigenvalue weighted by molar-refractivity contribution is 6.31. The minimum atomic E-state index is 0.132. The van der Waals surface area contributed by atoms with Crippen molar-refractivity contribution in [1.29, 1.82) is 0 Å². The van der Waals surface area contributed by atoms with E-state index in [9.17, 15) is 4.79 Å². The molecule has 2 heterocycles. The first-order valence-electron chi connectivity index (χ1n) is 10.9. The van der Waals surface area contributed by atoms with Crippen molar-refractivity contribution in [2.45, 2.75) is 44.8 Å². The predicted molar refractivity (Wildman–Crippen MR) is 119 cm³/mol. The molecule has 30 heavy (non-hydrogen) atoms. The van der Waals surface area contributed by atoms with E-state index in [0.29, 0.717) is 12.3 Å². The lowest BCUT2D eigenvalue weighted by Crippen LogP contribution is -2.42. The van der Waals surface area contributed by atoms with Gasteiger partial charge in [-0.25, -0.2) is 0 Å². The number of carbonyl (C=O) groups excluding carboxylic acids is 1. The maximum Gasteiger partial charge on any atom is 0.226 e. The second-order valence-electron chi connectivity index (χ2n) is 8.63. The molecule has 6 heteroatoms. The molecule has 0 bridgehead atoms. The smallest absolute Gasteiger partial charge is 0.226 e. The molecule has 2 fully saturated rings. The van der Waals surface area contributed by atoms with E-state index in [4.69, 9.17) is 16.3 Å². The summed E-state index contributed by atoms with van der Waals surface area (Å²) in [6.07, 6.45) is 8.59. The Labute approximate surface area is 184 Å². The van der Waals surface area contributed by atoms with Crippen LogP contribution in [0.3, 0.4) is 0 Å². The molecular formula is C24H30ClN3O2. The Bertz CT molecular complexity index is 849. The molecule has 1 aromatic carbocycles. The minimum Gasteiger partial charge on any atom is -0.490 e. The van der Waals surface area contributed by atoms with E-state index in [2.05, 4.69) is 16.0 Å². The molecule has 0 radical (unpaired) electrons. The fraction of sp³-hybridized carbons (Fsp3) is 0.500. The number of likely N-dealkylation sites (N-methyl/N-ethyl adjacent to an activating group) is 1. The molecule has 5 nitrogen and oxygen atoms in total. The summed E-state index contributed by atoms with van der Waals surface area (Å²) in [6, 6.07) is 9.88. The maximum atomic E-state index is 12.4. The number of rotatable bonds is 8. The van der Waals surface area contributed by atoms with Gasteiger partial charge in [-0.1, -0.05) is 23.7 Å². The Balaban J connectivity index is 1.20. The molecule has 0 spiro atoms. The van der Waals surface area contributed by atoms with E-state index < -0.39 is 0 Å². The van der Waals surface area contributed by atoms with Crippen LogP contribution in [-0.4, -0.2) is 53.5 Å². The highest BCUT2D eigenvalue weighted by atomic mass is 35.5. The molecule has 2 aromatic rings. The summed E-state index contributed by atoms with van der Waals surface area (Å²) < 4.78 is 6.11. The van der Waals surface area contributed by atoms with Crippen molar-refractivity contribution < 1.29 is 9.53 Å². The number of aromatic nitrogens is 1. The number of hydrogen-bond acceptors (Lipinski definition) is 4. The molecule has 1 aromatic heterocycles. The van der Waals surface area contributed by atoms with Gasteiger partial charge in [0, 0.05) is 37.6 Å². The van der Waals surface area contributed by atoms with Crippen LogP contribution in [0.1, 0.15) is 36.8 Å². The number of amides is 1. The topological polar surface area (TPSA) is 45.7 Å². The van der Waals surface area contributed by atoms with Gasteiger partial charge in [0.05, 0.1) is 12.5 Å². The SMILES string of the molecule is CN(CC1CC(Oc2ccc(CN3CCCC3)c(Cl)c2)C1)C(=O)Cc1cccnc1. The molecule has 1 aliphatic carbocycles. The minimum absolute atomic E-state index is 0.132. The fourth-order valence-electron chi connectivity index (χ4n) is 4.32. The highest BCUT2D eigenvalue weighted by Crippen LogP contribution is 2.33. The molecule has 0 unspecified atom stereocenters. The Morgan fingerprint density at radius 2 is 2.07 bits per heavy atom. The first kappa shape index (κ1) is 21.1. The molecule has 0 atom stereocenters.